The highest BCUT2D eigenvalue weighted by molar-refractivity contribution is 5.84. The predicted octanol–water partition coefficient (Wildman–Crippen LogP) is -0.219. The Balaban J connectivity index is 1.84. The molecule has 3 atom stereocenters. The minimum atomic E-state index is -0.999. The molecule has 0 spiro atoms. The van der Waals surface area contributed by atoms with Gasteiger partial charge in [-0.05, 0) is 25.2 Å². The third kappa shape index (κ3) is 2.93. The normalized spacial score (nSPS) is 26.8. The number of carboxylic acids is 1. The number of nitrogens with one attached hydrogen (secondary N) is 1. The van der Waals surface area contributed by atoms with Crippen molar-refractivity contribution in [2.24, 2.45) is 5.92 Å². The molecule has 8 heteroatoms. The molecule has 0 unspecified atom stereocenters. The molecule has 2 aliphatic rings. The molecule has 1 aromatic rings. The second kappa shape index (κ2) is 6.02. The van der Waals surface area contributed by atoms with Crippen molar-refractivity contribution in [2.45, 2.75) is 50.7 Å². The van der Waals surface area contributed by atoms with Gasteiger partial charge in [0.25, 0.3) is 5.56 Å². The summed E-state index contributed by atoms with van der Waals surface area (Å²) in [5, 5.41) is 9.43. The quantitative estimate of drug-likeness (QED) is 0.799. The van der Waals surface area contributed by atoms with Crippen molar-refractivity contribution in [1.29, 1.82) is 0 Å². The summed E-state index contributed by atoms with van der Waals surface area (Å²) in [5.74, 6) is -1.16. The van der Waals surface area contributed by atoms with Crippen LogP contribution < -0.4 is 11.2 Å². The number of carbonyl (C=O) groups excluding carboxylic acids is 1. The lowest BCUT2D eigenvalue weighted by molar-refractivity contribution is -0.150. The number of likely N-dealkylation sites (tertiary alicyclic amines) is 1. The van der Waals surface area contributed by atoms with Gasteiger partial charge in [0, 0.05) is 18.3 Å². The lowest BCUT2D eigenvalue weighted by Gasteiger charge is -2.33. The van der Waals surface area contributed by atoms with Crippen molar-refractivity contribution in [1.82, 2.24) is 14.5 Å². The lowest BCUT2D eigenvalue weighted by Crippen LogP contribution is -2.48. The molecule has 0 bridgehead atoms. The molecular formula is C15H19N3O5. The molecule has 0 radical (unpaired) electrons. The summed E-state index contributed by atoms with van der Waals surface area (Å²) in [5.41, 5.74) is -1.20. The van der Waals surface area contributed by atoms with Gasteiger partial charge in [-0.1, -0.05) is 12.8 Å². The fourth-order valence-electron chi connectivity index (χ4n) is 3.84. The smallest absolute Gasteiger partial charge is 0.328 e. The van der Waals surface area contributed by atoms with Crippen LogP contribution in [0.3, 0.4) is 0 Å². The SMILES string of the molecule is O=C(O)[C@@H]1C[C@@H]2CCCC[C@@H]2N1C(=O)Cn1ccc(=O)[nH]c1=O. The van der Waals surface area contributed by atoms with Gasteiger partial charge >= 0.3 is 11.7 Å². The van der Waals surface area contributed by atoms with E-state index in [9.17, 15) is 24.3 Å². The number of fused-ring (bicyclic) bond motifs is 1. The van der Waals surface area contributed by atoms with Crippen molar-refractivity contribution >= 4 is 11.9 Å². The molecule has 1 saturated carbocycles. The molecule has 1 saturated heterocycles. The minimum absolute atomic E-state index is 0.0594. The zero-order valence-corrected chi connectivity index (χ0v) is 12.6. The van der Waals surface area contributed by atoms with Crippen LogP contribution in [-0.2, 0) is 16.1 Å². The van der Waals surface area contributed by atoms with Gasteiger partial charge in [-0.15, -0.1) is 0 Å². The van der Waals surface area contributed by atoms with Gasteiger partial charge in [-0.3, -0.25) is 19.1 Å². The number of amides is 1. The average molecular weight is 321 g/mol. The highest BCUT2D eigenvalue weighted by Gasteiger charge is 2.47. The van der Waals surface area contributed by atoms with E-state index in [0.717, 1.165) is 36.3 Å². The number of aliphatic carboxylic acids is 1. The Kier molecular flexibility index (Phi) is 4.06. The molecule has 1 amide bonds. The van der Waals surface area contributed by atoms with Gasteiger partial charge in [0.05, 0.1) is 0 Å². The largest absolute Gasteiger partial charge is 0.480 e. The monoisotopic (exact) mass is 321 g/mol. The average Bonchev–Trinajstić information content (AvgIpc) is 2.90. The van der Waals surface area contributed by atoms with Crippen LogP contribution in [0.5, 0.6) is 0 Å². The molecule has 3 rings (SSSR count). The summed E-state index contributed by atoms with van der Waals surface area (Å²) < 4.78 is 1.10. The molecule has 1 aliphatic carbocycles. The molecule has 23 heavy (non-hydrogen) atoms. The van der Waals surface area contributed by atoms with E-state index in [1.807, 2.05) is 0 Å². The number of nitrogens with zero attached hydrogens (tertiary/aromatic N) is 2. The Bertz CT molecular complexity index is 737. The highest BCUT2D eigenvalue weighted by atomic mass is 16.4. The molecule has 2 heterocycles. The van der Waals surface area contributed by atoms with Crippen molar-refractivity contribution in [2.75, 3.05) is 0 Å². The van der Waals surface area contributed by atoms with Crippen LogP contribution in [0.4, 0.5) is 0 Å². The first-order valence-corrected chi connectivity index (χ1v) is 7.81. The second-order valence-corrected chi connectivity index (χ2v) is 6.24. The van der Waals surface area contributed by atoms with Gasteiger partial charge in [0.15, 0.2) is 0 Å². The van der Waals surface area contributed by atoms with Crippen molar-refractivity contribution < 1.29 is 14.7 Å². The summed E-state index contributed by atoms with van der Waals surface area (Å²) in [6, 6.07) is 0.279. The van der Waals surface area contributed by atoms with E-state index in [0.29, 0.717) is 6.42 Å². The van der Waals surface area contributed by atoms with Gasteiger partial charge in [-0.2, -0.15) is 0 Å². The van der Waals surface area contributed by atoms with Crippen LogP contribution in [0.1, 0.15) is 32.1 Å². The Hall–Kier alpha value is -2.38. The van der Waals surface area contributed by atoms with E-state index in [1.165, 1.54) is 11.1 Å². The number of aromatic nitrogens is 2. The van der Waals surface area contributed by atoms with Crippen LogP contribution in [0.2, 0.25) is 0 Å². The first kappa shape index (κ1) is 15.5. The maximum Gasteiger partial charge on any atom is 0.328 e. The third-order valence-corrected chi connectivity index (χ3v) is 4.86. The molecular weight excluding hydrogens is 302 g/mol. The standard InChI is InChI=1S/C15H19N3O5/c19-12-5-6-17(15(23)16-12)8-13(20)18-10-4-2-1-3-9(10)7-11(18)14(21)22/h5-6,9-11H,1-4,7-8H2,(H,21,22)(H,16,19,23)/t9-,10-,11-/m0/s1. The van der Waals surface area contributed by atoms with E-state index >= 15 is 0 Å². The fourth-order valence-corrected chi connectivity index (χ4v) is 3.84. The van der Waals surface area contributed by atoms with E-state index < -0.39 is 23.3 Å². The predicted molar refractivity (Wildman–Crippen MR) is 80.0 cm³/mol. The fraction of sp³-hybridized carbons (Fsp3) is 0.600. The van der Waals surface area contributed by atoms with Gasteiger partial charge < -0.3 is 10.0 Å². The lowest BCUT2D eigenvalue weighted by atomic mass is 9.85. The summed E-state index contributed by atoms with van der Waals surface area (Å²) >= 11 is 0. The molecule has 1 aliphatic heterocycles. The van der Waals surface area contributed by atoms with Gasteiger partial charge in [0.1, 0.15) is 12.6 Å². The van der Waals surface area contributed by atoms with Crippen LogP contribution >= 0.6 is 0 Å². The molecule has 1 aromatic heterocycles. The number of hydrogen-bond donors (Lipinski definition) is 2. The first-order valence-electron chi connectivity index (χ1n) is 7.81. The number of rotatable bonds is 3. The summed E-state index contributed by atoms with van der Waals surface area (Å²) in [6.07, 6.45) is 5.53. The number of hydrogen-bond acceptors (Lipinski definition) is 4. The maximum atomic E-state index is 12.6. The topological polar surface area (TPSA) is 112 Å². The Morgan fingerprint density at radius 2 is 2.00 bits per heavy atom. The zero-order chi connectivity index (χ0) is 16.6. The van der Waals surface area contributed by atoms with Gasteiger partial charge in [0.2, 0.25) is 5.91 Å². The van der Waals surface area contributed by atoms with Crippen molar-refractivity contribution in [3.8, 4) is 0 Å². The first-order chi connectivity index (χ1) is 11.0. The molecule has 0 aromatic carbocycles. The Morgan fingerprint density at radius 3 is 2.70 bits per heavy atom. The Morgan fingerprint density at radius 1 is 1.26 bits per heavy atom. The second-order valence-electron chi connectivity index (χ2n) is 6.24. The van der Waals surface area contributed by atoms with Crippen molar-refractivity contribution in [3.05, 3.63) is 33.1 Å². The minimum Gasteiger partial charge on any atom is -0.480 e. The van der Waals surface area contributed by atoms with E-state index in [-0.39, 0.29) is 24.4 Å². The number of aromatic amines is 1. The summed E-state index contributed by atoms with van der Waals surface area (Å²) in [7, 11) is 0. The molecule has 2 fully saturated rings. The summed E-state index contributed by atoms with van der Waals surface area (Å²) in [6.45, 7) is -0.261. The maximum absolute atomic E-state index is 12.6. The van der Waals surface area contributed by atoms with E-state index in [1.54, 1.807) is 0 Å². The molecule has 8 nitrogen and oxygen atoms in total. The summed E-state index contributed by atoms with van der Waals surface area (Å²) in [4.78, 5) is 50.5. The van der Waals surface area contributed by atoms with Crippen LogP contribution in [0.15, 0.2) is 21.9 Å². The molecule has 124 valence electrons. The van der Waals surface area contributed by atoms with Crippen LogP contribution in [-0.4, -0.2) is 43.5 Å². The van der Waals surface area contributed by atoms with Crippen LogP contribution in [0.25, 0.3) is 0 Å². The van der Waals surface area contributed by atoms with Gasteiger partial charge in [-0.25, -0.2) is 9.59 Å². The highest BCUT2D eigenvalue weighted by Crippen LogP contribution is 2.39. The van der Waals surface area contributed by atoms with E-state index in [4.69, 9.17) is 0 Å². The number of carbonyl (C=O) groups is 2. The van der Waals surface area contributed by atoms with E-state index in [2.05, 4.69) is 4.98 Å². The van der Waals surface area contributed by atoms with Crippen molar-refractivity contribution in [3.63, 3.8) is 0 Å². The molecule has 2 N–H and O–H groups in total. The zero-order valence-electron chi connectivity index (χ0n) is 12.6. The van der Waals surface area contributed by atoms with Crippen LogP contribution in [0, 0.1) is 5.92 Å². The number of carboxylic acid groups (broad SMARTS) is 1. The third-order valence-electron chi connectivity index (χ3n) is 4.86. The number of H-pyrrole nitrogens is 1. The Labute approximate surface area is 131 Å².